The summed E-state index contributed by atoms with van der Waals surface area (Å²) >= 11 is 0. The first-order chi connectivity index (χ1) is 9.01. The molecule has 110 valence electrons. The van der Waals surface area contributed by atoms with Crippen LogP contribution in [0.4, 0.5) is 0 Å². The molecule has 1 aromatic rings. The van der Waals surface area contributed by atoms with E-state index in [1.807, 2.05) is 0 Å². The molecule has 2 unspecified atom stereocenters. The highest BCUT2D eigenvalue weighted by Gasteiger charge is 2.17. The normalized spacial score (nSPS) is 14.6. The zero-order valence-corrected chi connectivity index (χ0v) is 13.6. The second kappa shape index (κ2) is 7.68. The average molecular weight is 265 g/mol. The van der Waals surface area contributed by atoms with E-state index < -0.39 is 0 Å². The van der Waals surface area contributed by atoms with Crippen LogP contribution < -0.4 is 5.32 Å². The predicted molar refractivity (Wildman–Crippen MR) is 82.5 cm³/mol. The number of nitrogens with one attached hydrogen (secondary N) is 1. The number of hydrogen-bond donors (Lipinski definition) is 1. The first kappa shape index (κ1) is 16.2. The van der Waals surface area contributed by atoms with E-state index in [0.717, 1.165) is 13.1 Å². The lowest BCUT2D eigenvalue weighted by Crippen LogP contribution is -2.20. The van der Waals surface area contributed by atoms with Crippen LogP contribution in [0.15, 0.2) is 0 Å². The van der Waals surface area contributed by atoms with E-state index in [1.165, 1.54) is 36.2 Å². The van der Waals surface area contributed by atoms with Crippen molar-refractivity contribution < 1.29 is 0 Å². The minimum atomic E-state index is 0.398. The summed E-state index contributed by atoms with van der Waals surface area (Å²) in [5, 5.41) is 8.31. The average Bonchev–Trinajstić information content (AvgIpc) is 2.62. The molecule has 1 heterocycles. The monoisotopic (exact) mass is 265 g/mol. The Labute approximate surface area is 118 Å². The van der Waals surface area contributed by atoms with Gasteiger partial charge in [-0.15, -0.1) is 0 Å². The van der Waals surface area contributed by atoms with Gasteiger partial charge in [-0.3, -0.25) is 4.68 Å². The molecule has 0 saturated heterocycles. The van der Waals surface area contributed by atoms with E-state index in [4.69, 9.17) is 5.10 Å². The van der Waals surface area contributed by atoms with E-state index in [-0.39, 0.29) is 0 Å². The van der Waals surface area contributed by atoms with Crippen LogP contribution in [-0.4, -0.2) is 16.3 Å². The molecular weight excluding hydrogens is 234 g/mol. The van der Waals surface area contributed by atoms with E-state index in [1.54, 1.807) is 0 Å². The van der Waals surface area contributed by atoms with Gasteiger partial charge in [0.05, 0.1) is 5.69 Å². The maximum atomic E-state index is 4.74. The molecule has 1 N–H and O–H groups in total. The molecule has 1 aromatic heterocycles. The lowest BCUT2D eigenvalue weighted by Gasteiger charge is -2.15. The molecule has 0 aliphatic rings. The number of rotatable bonds is 8. The fourth-order valence-electron chi connectivity index (χ4n) is 2.86. The van der Waals surface area contributed by atoms with Crippen LogP contribution in [0.25, 0.3) is 0 Å². The van der Waals surface area contributed by atoms with Gasteiger partial charge in [0.2, 0.25) is 0 Å². The molecule has 0 amide bonds. The quantitative estimate of drug-likeness (QED) is 0.770. The summed E-state index contributed by atoms with van der Waals surface area (Å²) in [5.41, 5.74) is 3.89. The van der Waals surface area contributed by atoms with Crippen LogP contribution in [0.3, 0.4) is 0 Å². The van der Waals surface area contributed by atoms with Crippen molar-refractivity contribution in [2.24, 2.45) is 5.92 Å². The minimum Gasteiger partial charge on any atom is -0.310 e. The molecule has 19 heavy (non-hydrogen) atoms. The second-order valence-corrected chi connectivity index (χ2v) is 5.84. The molecule has 0 radical (unpaired) electrons. The summed E-state index contributed by atoms with van der Waals surface area (Å²) in [5.74, 6) is 0.703. The highest BCUT2D eigenvalue weighted by molar-refractivity contribution is 5.27. The van der Waals surface area contributed by atoms with E-state index in [9.17, 15) is 0 Å². The van der Waals surface area contributed by atoms with Crippen LogP contribution in [0, 0.1) is 19.8 Å². The van der Waals surface area contributed by atoms with Gasteiger partial charge in [0, 0.05) is 23.8 Å². The van der Waals surface area contributed by atoms with Gasteiger partial charge in [-0.2, -0.15) is 5.10 Å². The van der Waals surface area contributed by atoms with Gasteiger partial charge in [0.25, 0.3) is 0 Å². The lowest BCUT2D eigenvalue weighted by atomic mass is 10.0. The topological polar surface area (TPSA) is 29.9 Å². The van der Waals surface area contributed by atoms with E-state index >= 15 is 0 Å². The van der Waals surface area contributed by atoms with E-state index in [0.29, 0.717) is 12.0 Å². The first-order valence-corrected chi connectivity index (χ1v) is 7.78. The highest BCUT2D eigenvalue weighted by atomic mass is 15.3. The third-order valence-corrected chi connectivity index (χ3v) is 3.84. The summed E-state index contributed by atoms with van der Waals surface area (Å²) in [4.78, 5) is 0. The number of nitrogens with zero attached hydrogens (tertiary/aromatic N) is 2. The molecule has 3 heteroatoms. The Morgan fingerprint density at radius 1 is 1.16 bits per heavy atom. The zero-order chi connectivity index (χ0) is 14.4. The summed E-state index contributed by atoms with van der Waals surface area (Å²) in [6.45, 7) is 15.5. The minimum absolute atomic E-state index is 0.398. The van der Waals surface area contributed by atoms with Crippen LogP contribution >= 0.6 is 0 Å². The Hall–Kier alpha value is -0.830. The van der Waals surface area contributed by atoms with Crippen molar-refractivity contribution in [3.8, 4) is 0 Å². The van der Waals surface area contributed by atoms with Gasteiger partial charge in [-0.05, 0) is 46.1 Å². The molecule has 0 saturated carbocycles. The zero-order valence-electron chi connectivity index (χ0n) is 13.6. The Kier molecular flexibility index (Phi) is 6.56. The van der Waals surface area contributed by atoms with Crippen molar-refractivity contribution in [3.63, 3.8) is 0 Å². The highest BCUT2D eigenvalue weighted by Crippen LogP contribution is 2.22. The molecule has 0 aliphatic heterocycles. The number of aromatic nitrogens is 2. The number of aryl methyl sites for hydroxylation is 1. The van der Waals surface area contributed by atoms with Crippen molar-refractivity contribution in [3.05, 3.63) is 17.0 Å². The molecule has 0 aliphatic carbocycles. The van der Waals surface area contributed by atoms with Gasteiger partial charge in [-0.1, -0.05) is 27.2 Å². The first-order valence-electron chi connectivity index (χ1n) is 7.78. The smallest absolute Gasteiger partial charge is 0.0644 e. The summed E-state index contributed by atoms with van der Waals surface area (Å²) < 4.78 is 2.20. The van der Waals surface area contributed by atoms with Crippen molar-refractivity contribution >= 4 is 0 Å². The van der Waals surface area contributed by atoms with Crippen LogP contribution in [0.2, 0.25) is 0 Å². The fourth-order valence-corrected chi connectivity index (χ4v) is 2.86. The largest absolute Gasteiger partial charge is 0.310 e. The van der Waals surface area contributed by atoms with Crippen molar-refractivity contribution in [1.82, 2.24) is 15.1 Å². The SMILES string of the molecule is CCCNC(C)c1c(C)nn(CC(C)CCC)c1C. The van der Waals surface area contributed by atoms with Crippen LogP contribution in [0.1, 0.15) is 70.0 Å². The maximum absolute atomic E-state index is 4.74. The van der Waals surface area contributed by atoms with Crippen LogP contribution in [-0.2, 0) is 6.54 Å². The van der Waals surface area contributed by atoms with Gasteiger partial charge < -0.3 is 5.32 Å². The third-order valence-electron chi connectivity index (χ3n) is 3.84. The Morgan fingerprint density at radius 2 is 1.84 bits per heavy atom. The summed E-state index contributed by atoms with van der Waals surface area (Å²) in [6.07, 6.45) is 3.70. The van der Waals surface area contributed by atoms with Crippen molar-refractivity contribution in [2.45, 2.75) is 73.4 Å². The molecule has 2 atom stereocenters. The standard InChI is InChI=1S/C16H31N3/c1-7-9-12(3)11-19-15(6)16(14(5)18-19)13(4)17-10-8-2/h12-13,17H,7-11H2,1-6H3. The maximum Gasteiger partial charge on any atom is 0.0644 e. The van der Waals surface area contributed by atoms with Crippen molar-refractivity contribution in [2.75, 3.05) is 6.54 Å². The second-order valence-electron chi connectivity index (χ2n) is 5.84. The molecule has 3 nitrogen and oxygen atoms in total. The Morgan fingerprint density at radius 3 is 2.42 bits per heavy atom. The molecule has 1 rings (SSSR count). The van der Waals surface area contributed by atoms with Crippen molar-refractivity contribution in [1.29, 1.82) is 0 Å². The predicted octanol–water partition coefficient (Wildman–Crippen LogP) is 4.00. The lowest BCUT2D eigenvalue weighted by molar-refractivity contribution is 0.413. The van der Waals surface area contributed by atoms with Gasteiger partial charge in [0.15, 0.2) is 0 Å². The van der Waals surface area contributed by atoms with Gasteiger partial charge in [-0.25, -0.2) is 0 Å². The molecule has 0 fully saturated rings. The third kappa shape index (κ3) is 4.34. The van der Waals surface area contributed by atoms with Crippen LogP contribution in [0.5, 0.6) is 0 Å². The Bertz CT molecular complexity index is 382. The fraction of sp³-hybridized carbons (Fsp3) is 0.812. The Balaban J connectivity index is 2.81. The molecular formula is C16H31N3. The molecule has 0 bridgehead atoms. The number of hydrogen-bond acceptors (Lipinski definition) is 2. The van der Waals surface area contributed by atoms with Gasteiger partial charge >= 0.3 is 0 Å². The summed E-state index contributed by atoms with van der Waals surface area (Å²) in [7, 11) is 0. The van der Waals surface area contributed by atoms with E-state index in [2.05, 4.69) is 51.5 Å². The molecule has 0 aromatic carbocycles. The van der Waals surface area contributed by atoms with Gasteiger partial charge in [0.1, 0.15) is 0 Å². The summed E-state index contributed by atoms with van der Waals surface area (Å²) in [6, 6.07) is 0.398. The molecule has 0 spiro atoms.